The standard InChI is InChI=1S/C22H22ClFN4O3S/c1-15-12-17(16(2)28(15)21-7-5-4-6-20(21)23)13-25-26-22(29)14-27(32(3,30)31)19-10-8-18(24)9-11-19/h4-13H,14H2,1-3H3,(H,26,29)/b25-13-. The van der Waals surface area contributed by atoms with Gasteiger partial charge in [-0.1, -0.05) is 23.7 Å². The number of hydrazone groups is 1. The van der Waals surface area contributed by atoms with E-state index in [0.717, 1.165) is 45.3 Å². The monoisotopic (exact) mass is 476 g/mol. The molecule has 0 unspecified atom stereocenters. The van der Waals surface area contributed by atoms with Crippen LogP contribution in [-0.4, -0.2) is 37.9 Å². The zero-order valence-corrected chi connectivity index (χ0v) is 19.3. The van der Waals surface area contributed by atoms with Gasteiger partial charge in [-0.05, 0) is 56.3 Å². The number of carbonyl (C=O) groups is 1. The zero-order chi connectivity index (χ0) is 23.5. The molecule has 10 heteroatoms. The van der Waals surface area contributed by atoms with Crippen molar-refractivity contribution in [3.05, 3.63) is 82.4 Å². The van der Waals surface area contributed by atoms with Crippen molar-refractivity contribution in [1.82, 2.24) is 9.99 Å². The maximum Gasteiger partial charge on any atom is 0.260 e. The predicted octanol–water partition coefficient (Wildman–Crippen LogP) is 3.80. The Kier molecular flexibility index (Phi) is 7.00. The van der Waals surface area contributed by atoms with Crippen molar-refractivity contribution in [3.63, 3.8) is 0 Å². The average Bonchev–Trinajstić information content (AvgIpc) is 3.00. The molecule has 7 nitrogen and oxygen atoms in total. The van der Waals surface area contributed by atoms with E-state index in [-0.39, 0.29) is 5.69 Å². The molecule has 0 fully saturated rings. The summed E-state index contributed by atoms with van der Waals surface area (Å²) in [4.78, 5) is 12.3. The number of para-hydroxylation sites is 1. The summed E-state index contributed by atoms with van der Waals surface area (Å²) in [7, 11) is -3.76. The van der Waals surface area contributed by atoms with E-state index in [9.17, 15) is 17.6 Å². The maximum atomic E-state index is 13.2. The number of carbonyl (C=O) groups excluding carboxylic acids is 1. The van der Waals surface area contributed by atoms with E-state index in [1.54, 1.807) is 6.07 Å². The highest BCUT2D eigenvalue weighted by molar-refractivity contribution is 7.92. The predicted molar refractivity (Wildman–Crippen MR) is 125 cm³/mol. The number of benzene rings is 2. The topological polar surface area (TPSA) is 83.8 Å². The molecule has 168 valence electrons. The molecule has 0 saturated heterocycles. The number of nitrogens with one attached hydrogen (secondary N) is 1. The van der Waals surface area contributed by atoms with E-state index in [4.69, 9.17) is 11.6 Å². The number of sulfonamides is 1. The molecule has 32 heavy (non-hydrogen) atoms. The highest BCUT2D eigenvalue weighted by Crippen LogP contribution is 2.25. The lowest BCUT2D eigenvalue weighted by atomic mass is 10.2. The van der Waals surface area contributed by atoms with Crippen LogP contribution in [0.1, 0.15) is 17.0 Å². The Morgan fingerprint density at radius 1 is 1.19 bits per heavy atom. The number of rotatable bonds is 7. The summed E-state index contributed by atoms with van der Waals surface area (Å²) in [6.45, 7) is 3.33. The van der Waals surface area contributed by atoms with Gasteiger partial charge in [-0.3, -0.25) is 9.10 Å². The SMILES string of the molecule is Cc1cc(/C=N\NC(=O)CN(c2ccc(F)cc2)S(C)(=O)=O)c(C)n1-c1ccccc1Cl. The molecule has 0 saturated carbocycles. The number of amides is 1. The Bertz CT molecular complexity index is 1270. The summed E-state index contributed by atoms with van der Waals surface area (Å²) in [5.74, 6) is -1.15. The Hall–Kier alpha value is -3.17. The number of nitrogens with zero attached hydrogens (tertiary/aromatic N) is 3. The molecular weight excluding hydrogens is 455 g/mol. The second-order valence-electron chi connectivity index (χ2n) is 7.15. The van der Waals surface area contributed by atoms with Crippen LogP contribution in [0, 0.1) is 19.7 Å². The van der Waals surface area contributed by atoms with Gasteiger partial charge in [-0.15, -0.1) is 0 Å². The normalized spacial score (nSPS) is 11.7. The number of hydrogen-bond acceptors (Lipinski definition) is 4. The first-order valence-corrected chi connectivity index (χ1v) is 11.8. The first-order valence-electron chi connectivity index (χ1n) is 9.57. The van der Waals surface area contributed by atoms with Crippen LogP contribution in [0.25, 0.3) is 5.69 Å². The molecule has 0 radical (unpaired) electrons. The summed E-state index contributed by atoms with van der Waals surface area (Å²) < 4.78 is 40.2. The second-order valence-corrected chi connectivity index (χ2v) is 9.47. The number of aromatic nitrogens is 1. The Morgan fingerprint density at radius 3 is 2.47 bits per heavy atom. The van der Waals surface area contributed by atoms with Crippen LogP contribution in [0.4, 0.5) is 10.1 Å². The summed E-state index contributed by atoms with van der Waals surface area (Å²) in [5.41, 5.74) is 5.91. The van der Waals surface area contributed by atoms with Crippen LogP contribution >= 0.6 is 11.6 Å². The molecule has 1 aromatic heterocycles. The van der Waals surface area contributed by atoms with E-state index in [1.807, 2.05) is 42.7 Å². The molecule has 1 heterocycles. The van der Waals surface area contributed by atoms with Crippen LogP contribution in [-0.2, 0) is 14.8 Å². The lowest BCUT2D eigenvalue weighted by molar-refractivity contribution is -0.119. The van der Waals surface area contributed by atoms with Gasteiger partial charge in [0.05, 0.1) is 28.9 Å². The van der Waals surface area contributed by atoms with Crippen molar-refractivity contribution < 1.29 is 17.6 Å². The first-order chi connectivity index (χ1) is 15.1. The highest BCUT2D eigenvalue weighted by atomic mass is 35.5. The van der Waals surface area contributed by atoms with Crippen LogP contribution < -0.4 is 9.73 Å². The molecule has 0 bridgehead atoms. The fourth-order valence-electron chi connectivity index (χ4n) is 3.27. The van der Waals surface area contributed by atoms with Crippen molar-refractivity contribution in [1.29, 1.82) is 0 Å². The molecule has 0 atom stereocenters. The second kappa shape index (κ2) is 9.54. The van der Waals surface area contributed by atoms with Crippen molar-refractivity contribution in [3.8, 4) is 5.69 Å². The lowest BCUT2D eigenvalue weighted by Gasteiger charge is -2.21. The quantitative estimate of drug-likeness (QED) is 0.416. The van der Waals surface area contributed by atoms with E-state index < -0.39 is 28.3 Å². The van der Waals surface area contributed by atoms with Crippen molar-refractivity contribution in [2.75, 3.05) is 17.1 Å². The fraction of sp³-hybridized carbons (Fsp3) is 0.182. The van der Waals surface area contributed by atoms with Gasteiger partial charge < -0.3 is 4.57 Å². The first kappa shape index (κ1) is 23.5. The number of aryl methyl sites for hydroxylation is 1. The van der Waals surface area contributed by atoms with Gasteiger partial charge in [0.2, 0.25) is 10.0 Å². The van der Waals surface area contributed by atoms with Gasteiger partial charge in [0, 0.05) is 17.0 Å². The Labute approximate surface area is 191 Å². The number of halogens is 2. The van der Waals surface area contributed by atoms with Crippen LogP contribution in [0.5, 0.6) is 0 Å². The Morgan fingerprint density at radius 2 is 1.84 bits per heavy atom. The van der Waals surface area contributed by atoms with Gasteiger partial charge in [0.25, 0.3) is 5.91 Å². The largest absolute Gasteiger partial charge is 0.316 e. The molecule has 2 aromatic carbocycles. The van der Waals surface area contributed by atoms with Gasteiger partial charge in [0.15, 0.2) is 0 Å². The number of anilines is 1. The van der Waals surface area contributed by atoms with Crippen LogP contribution in [0.3, 0.4) is 0 Å². The van der Waals surface area contributed by atoms with Gasteiger partial charge >= 0.3 is 0 Å². The molecule has 0 aliphatic heterocycles. The van der Waals surface area contributed by atoms with Gasteiger partial charge in [0.1, 0.15) is 12.4 Å². The molecule has 0 aliphatic rings. The average molecular weight is 477 g/mol. The summed E-state index contributed by atoms with van der Waals surface area (Å²) in [6.07, 6.45) is 2.45. The van der Waals surface area contributed by atoms with Crippen LogP contribution in [0.2, 0.25) is 5.02 Å². The Balaban J connectivity index is 1.74. The third-order valence-electron chi connectivity index (χ3n) is 4.76. The zero-order valence-electron chi connectivity index (χ0n) is 17.7. The summed E-state index contributed by atoms with van der Waals surface area (Å²) in [6, 6.07) is 14.2. The van der Waals surface area contributed by atoms with Crippen molar-refractivity contribution >= 4 is 39.4 Å². The lowest BCUT2D eigenvalue weighted by Crippen LogP contribution is -2.39. The van der Waals surface area contributed by atoms with Crippen LogP contribution in [0.15, 0.2) is 59.7 Å². The number of hydrogen-bond donors (Lipinski definition) is 1. The van der Waals surface area contributed by atoms with Crippen molar-refractivity contribution in [2.24, 2.45) is 5.10 Å². The highest BCUT2D eigenvalue weighted by Gasteiger charge is 2.20. The molecule has 1 N–H and O–H groups in total. The molecule has 3 aromatic rings. The molecular formula is C22H22ClFN4O3S. The van der Waals surface area contributed by atoms with E-state index >= 15 is 0 Å². The minimum atomic E-state index is -3.76. The third-order valence-corrected chi connectivity index (χ3v) is 6.22. The molecule has 0 aliphatic carbocycles. The van der Waals surface area contributed by atoms with Gasteiger partial charge in [-0.2, -0.15) is 5.10 Å². The van der Waals surface area contributed by atoms with E-state index in [1.165, 1.54) is 18.3 Å². The summed E-state index contributed by atoms with van der Waals surface area (Å²) in [5, 5.41) is 4.57. The smallest absolute Gasteiger partial charge is 0.260 e. The molecule has 0 spiro atoms. The van der Waals surface area contributed by atoms with E-state index in [2.05, 4.69) is 10.5 Å². The van der Waals surface area contributed by atoms with Gasteiger partial charge in [-0.25, -0.2) is 18.2 Å². The minimum Gasteiger partial charge on any atom is -0.316 e. The fourth-order valence-corrected chi connectivity index (χ4v) is 4.35. The maximum absolute atomic E-state index is 13.2. The summed E-state index contributed by atoms with van der Waals surface area (Å²) >= 11 is 6.32. The minimum absolute atomic E-state index is 0.177. The molecule has 3 rings (SSSR count). The third kappa shape index (κ3) is 5.35. The van der Waals surface area contributed by atoms with E-state index in [0.29, 0.717) is 5.02 Å². The molecule has 1 amide bonds. The van der Waals surface area contributed by atoms with Crippen molar-refractivity contribution in [2.45, 2.75) is 13.8 Å².